The van der Waals surface area contributed by atoms with E-state index in [1.807, 2.05) is 79.7 Å². The van der Waals surface area contributed by atoms with Crippen molar-refractivity contribution in [2.24, 2.45) is 0 Å². The van der Waals surface area contributed by atoms with Crippen molar-refractivity contribution in [3.05, 3.63) is 78.0 Å². The van der Waals surface area contributed by atoms with Gasteiger partial charge in [0.2, 0.25) is 0 Å². The van der Waals surface area contributed by atoms with Crippen LogP contribution >= 0.6 is 0 Å². The van der Waals surface area contributed by atoms with Crippen molar-refractivity contribution in [3.8, 4) is 11.4 Å². The van der Waals surface area contributed by atoms with Crippen LogP contribution in [0.25, 0.3) is 11.4 Å². The first-order valence-electron chi connectivity index (χ1n) is 9.27. The van der Waals surface area contributed by atoms with Crippen molar-refractivity contribution < 1.29 is 4.79 Å². The summed E-state index contributed by atoms with van der Waals surface area (Å²) in [5, 5.41) is 6.21. The summed E-state index contributed by atoms with van der Waals surface area (Å²) in [4.78, 5) is 23.7. The van der Waals surface area contributed by atoms with Crippen LogP contribution < -0.4 is 10.6 Å². The van der Waals surface area contributed by atoms with Gasteiger partial charge in [0.05, 0.1) is 0 Å². The molecule has 0 saturated heterocycles. The summed E-state index contributed by atoms with van der Waals surface area (Å²) in [5.41, 5.74) is 2.36. The van der Waals surface area contributed by atoms with Crippen molar-refractivity contribution in [1.82, 2.24) is 20.2 Å². The molecule has 144 valence electrons. The zero-order valence-electron chi connectivity index (χ0n) is 16.2. The molecule has 1 aromatic heterocycles. The van der Waals surface area contributed by atoms with Crippen molar-refractivity contribution in [1.29, 1.82) is 0 Å². The number of nitrogens with one attached hydrogen (secondary N) is 2. The van der Waals surface area contributed by atoms with Crippen molar-refractivity contribution in [3.63, 3.8) is 0 Å². The summed E-state index contributed by atoms with van der Waals surface area (Å²) in [7, 11) is 3.94. The third kappa shape index (κ3) is 5.62. The first kappa shape index (κ1) is 19.5. The molecule has 2 aromatic carbocycles. The Morgan fingerprint density at radius 2 is 1.64 bits per heavy atom. The average Bonchev–Trinajstić information content (AvgIpc) is 2.73. The lowest BCUT2D eigenvalue weighted by atomic mass is 10.2. The molecule has 3 aromatic rings. The molecule has 0 bridgehead atoms. The molecule has 0 spiro atoms. The van der Waals surface area contributed by atoms with E-state index in [0.29, 0.717) is 30.4 Å². The number of hydrogen-bond donors (Lipinski definition) is 2. The SMILES string of the molecule is CN(C)CCNC(=O)c1cc(NCc2ccccc2)nc(-c2ccccc2)n1. The summed E-state index contributed by atoms with van der Waals surface area (Å²) in [6.07, 6.45) is 0. The minimum atomic E-state index is -0.204. The van der Waals surface area contributed by atoms with E-state index in [9.17, 15) is 4.79 Å². The maximum absolute atomic E-state index is 12.6. The highest BCUT2D eigenvalue weighted by Gasteiger charge is 2.13. The highest BCUT2D eigenvalue weighted by molar-refractivity contribution is 5.93. The normalized spacial score (nSPS) is 10.7. The Hall–Kier alpha value is -3.25. The number of rotatable bonds is 8. The number of hydrogen-bond acceptors (Lipinski definition) is 5. The van der Waals surface area contributed by atoms with Gasteiger partial charge in [0.25, 0.3) is 5.91 Å². The fourth-order valence-electron chi connectivity index (χ4n) is 2.64. The number of benzene rings is 2. The Bertz CT molecular complexity index is 897. The van der Waals surface area contributed by atoms with Crippen molar-refractivity contribution >= 4 is 11.7 Å². The van der Waals surface area contributed by atoms with E-state index < -0.39 is 0 Å². The van der Waals surface area contributed by atoms with Gasteiger partial charge in [-0.1, -0.05) is 60.7 Å². The maximum Gasteiger partial charge on any atom is 0.270 e. The van der Waals surface area contributed by atoms with Crippen molar-refractivity contribution in [2.75, 3.05) is 32.5 Å². The van der Waals surface area contributed by atoms with Gasteiger partial charge in [-0.2, -0.15) is 0 Å². The molecule has 0 unspecified atom stereocenters. The molecule has 0 saturated carbocycles. The van der Waals surface area contributed by atoms with Gasteiger partial charge in [0, 0.05) is 31.3 Å². The van der Waals surface area contributed by atoms with E-state index in [1.54, 1.807) is 6.07 Å². The summed E-state index contributed by atoms with van der Waals surface area (Å²) in [6, 6.07) is 21.4. The lowest BCUT2D eigenvalue weighted by molar-refractivity contribution is 0.0946. The summed E-state index contributed by atoms with van der Waals surface area (Å²) >= 11 is 0. The molecule has 3 rings (SSSR count). The second kappa shape index (κ2) is 9.62. The number of anilines is 1. The van der Waals surface area contributed by atoms with Crippen LogP contribution in [0.3, 0.4) is 0 Å². The van der Waals surface area contributed by atoms with E-state index in [2.05, 4.69) is 20.6 Å². The van der Waals surface area contributed by atoms with Gasteiger partial charge in [-0.15, -0.1) is 0 Å². The molecule has 1 amide bonds. The van der Waals surface area contributed by atoms with Gasteiger partial charge in [-0.05, 0) is 19.7 Å². The van der Waals surface area contributed by atoms with Gasteiger partial charge in [0.15, 0.2) is 5.82 Å². The second-order valence-electron chi connectivity index (χ2n) is 6.73. The molecule has 0 fully saturated rings. The number of amides is 1. The Morgan fingerprint density at radius 1 is 0.964 bits per heavy atom. The number of carbonyl (C=O) groups excluding carboxylic acids is 1. The molecular formula is C22H25N5O. The van der Waals surface area contributed by atoms with E-state index in [4.69, 9.17) is 0 Å². The summed E-state index contributed by atoms with van der Waals surface area (Å²) in [6.45, 7) is 1.94. The highest BCUT2D eigenvalue weighted by Crippen LogP contribution is 2.18. The molecule has 6 heteroatoms. The standard InChI is InChI=1S/C22H25N5O/c1-27(2)14-13-23-22(28)19-15-20(24-16-17-9-5-3-6-10-17)26-21(25-19)18-11-7-4-8-12-18/h3-12,15H,13-14,16H2,1-2H3,(H,23,28)(H,24,25,26). The number of carbonyl (C=O) groups is 1. The zero-order valence-corrected chi connectivity index (χ0v) is 16.2. The predicted molar refractivity (Wildman–Crippen MR) is 112 cm³/mol. The van der Waals surface area contributed by atoms with Gasteiger partial charge in [-0.25, -0.2) is 9.97 Å². The fourth-order valence-corrected chi connectivity index (χ4v) is 2.64. The molecule has 0 atom stereocenters. The molecule has 0 aliphatic rings. The lowest BCUT2D eigenvalue weighted by Gasteiger charge is -2.12. The van der Waals surface area contributed by atoms with E-state index in [0.717, 1.165) is 17.7 Å². The second-order valence-corrected chi connectivity index (χ2v) is 6.73. The molecule has 6 nitrogen and oxygen atoms in total. The Kier molecular flexibility index (Phi) is 6.70. The number of likely N-dealkylation sites (N-methyl/N-ethyl adjacent to an activating group) is 1. The van der Waals surface area contributed by atoms with E-state index in [-0.39, 0.29) is 5.91 Å². The first-order valence-corrected chi connectivity index (χ1v) is 9.27. The summed E-state index contributed by atoms with van der Waals surface area (Å²) < 4.78 is 0. The minimum Gasteiger partial charge on any atom is -0.366 e. The maximum atomic E-state index is 12.6. The smallest absolute Gasteiger partial charge is 0.270 e. The molecular weight excluding hydrogens is 350 g/mol. The topological polar surface area (TPSA) is 70.2 Å². The highest BCUT2D eigenvalue weighted by atomic mass is 16.1. The number of nitrogens with zero attached hydrogens (tertiary/aromatic N) is 3. The van der Waals surface area contributed by atoms with Crippen LogP contribution in [0, 0.1) is 0 Å². The van der Waals surface area contributed by atoms with Crippen LogP contribution in [0.15, 0.2) is 66.7 Å². The largest absolute Gasteiger partial charge is 0.366 e. The van der Waals surface area contributed by atoms with Crippen LogP contribution in [-0.2, 0) is 6.54 Å². The minimum absolute atomic E-state index is 0.204. The molecule has 2 N–H and O–H groups in total. The first-order chi connectivity index (χ1) is 13.6. The Morgan fingerprint density at radius 3 is 2.32 bits per heavy atom. The van der Waals surface area contributed by atoms with Crippen LogP contribution in [0.2, 0.25) is 0 Å². The number of aromatic nitrogens is 2. The lowest BCUT2D eigenvalue weighted by Crippen LogP contribution is -2.32. The van der Waals surface area contributed by atoms with Crippen LogP contribution in [0.5, 0.6) is 0 Å². The third-order valence-corrected chi connectivity index (χ3v) is 4.15. The molecule has 0 aliphatic heterocycles. The van der Waals surface area contributed by atoms with Gasteiger partial charge < -0.3 is 15.5 Å². The van der Waals surface area contributed by atoms with E-state index >= 15 is 0 Å². The average molecular weight is 375 g/mol. The molecule has 1 heterocycles. The van der Waals surface area contributed by atoms with Crippen LogP contribution in [0.1, 0.15) is 16.1 Å². The van der Waals surface area contributed by atoms with Crippen LogP contribution in [0.4, 0.5) is 5.82 Å². The fraction of sp³-hybridized carbons (Fsp3) is 0.227. The van der Waals surface area contributed by atoms with Gasteiger partial charge in [0.1, 0.15) is 11.5 Å². The predicted octanol–water partition coefficient (Wildman–Crippen LogP) is 3.05. The molecule has 28 heavy (non-hydrogen) atoms. The quantitative estimate of drug-likeness (QED) is 0.633. The van der Waals surface area contributed by atoms with Gasteiger partial charge >= 0.3 is 0 Å². The zero-order chi connectivity index (χ0) is 19.8. The molecule has 0 aliphatic carbocycles. The summed E-state index contributed by atoms with van der Waals surface area (Å²) in [5.74, 6) is 0.941. The molecule has 0 radical (unpaired) electrons. The van der Waals surface area contributed by atoms with Crippen molar-refractivity contribution in [2.45, 2.75) is 6.54 Å². The Balaban J connectivity index is 1.82. The van der Waals surface area contributed by atoms with Gasteiger partial charge in [-0.3, -0.25) is 4.79 Å². The Labute approximate surface area is 165 Å². The van der Waals surface area contributed by atoms with Crippen LogP contribution in [-0.4, -0.2) is 48.0 Å². The third-order valence-electron chi connectivity index (χ3n) is 4.15. The van der Waals surface area contributed by atoms with E-state index in [1.165, 1.54) is 0 Å². The monoisotopic (exact) mass is 375 g/mol.